The third-order valence-corrected chi connectivity index (χ3v) is 5.05. The predicted octanol–water partition coefficient (Wildman–Crippen LogP) is 3.32. The summed E-state index contributed by atoms with van der Waals surface area (Å²) in [5.41, 5.74) is 3.10. The van der Waals surface area contributed by atoms with Crippen LogP contribution in [0, 0.1) is 23.7 Å². The van der Waals surface area contributed by atoms with Gasteiger partial charge >= 0.3 is 5.97 Å². The van der Waals surface area contributed by atoms with Crippen LogP contribution in [0.5, 0.6) is 0 Å². The molecule has 2 aliphatic carbocycles. The van der Waals surface area contributed by atoms with Crippen LogP contribution in [0.15, 0.2) is 41.5 Å². The molecule has 0 saturated heterocycles. The molecular weight excluding hydrogens is 278 g/mol. The van der Waals surface area contributed by atoms with Crippen LogP contribution in [0.4, 0.5) is 5.69 Å². The zero-order valence-electron chi connectivity index (χ0n) is 12.9. The fraction of sp³-hybridized carbons (Fsp3) is 0.444. The van der Waals surface area contributed by atoms with E-state index in [1.165, 1.54) is 11.1 Å². The van der Waals surface area contributed by atoms with Gasteiger partial charge < -0.3 is 10.4 Å². The maximum absolute atomic E-state index is 12.7. The number of fused-ring (bicyclic) bond motifs is 2. The van der Waals surface area contributed by atoms with E-state index in [0.29, 0.717) is 0 Å². The van der Waals surface area contributed by atoms with Crippen LogP contribution >= 0.6 is 0 Å². The second-order valence-electron chi connectivity index (χ2n) is 6.49. The molecule has 0 aromatic heterocycles. The van der Waals surface area contributed by atoms with Crippen molar-refractivity contribution in [2.24, 2.45) is 23.7 Å². The molecule has 3 rings (SSSR count). The number of amides is 1. The minimum atomic E-state index is -0.848. The summed E-state index contributed by atoms with van der Waals surface area (Å²) in [7, 11) is 0. The summed E-state index contributed by atoms with van der Waals surface area (Å²) in [5.74, 6) is -1.95. The van der Waals surface area contributed by atoms with Gasteiger partial charge in [-0.2, -0.15) is 0 Å². The lowest BCUT2D eigenvalue weighted by Gasteiger charge is -2.26. The zero-order chi connectivity index (χ0) is 15.9. The molecule has 116 valence electrons. The number of para-hydroxylation sites is 1. The Labute approximate surface area is 130 Å². The van der Waals surface area contributed by atoms with Crippen molar-refractivity contribution in [3.8, 4) is 0 Å². The predicted molar refractivity (Wildman–Crippen MR) is 84.3 cm³/mol. The van der Waals surface area contributed by atoms with E-state index in [0.717, 1.165) is 18.5 Å². The lowest BCUT2D eigenvalue weighted by atomic mass is 9.78. The van der Waals surface area contributed by atoms with Gasteiger partial charge in [0.25, 0.3) is 0 Å². The highest BCUT2D eigenvalue weighted by Gasteiger charge is 2.57. The van der Waals surface area contributed by atoms with Crippen molar-refractivity contribution in [2.75, 3.05) is 5.32 Å². The Morgan fingerprint density at radius 1 is 1.05 bits per heavy atom. The van der Waals surface area contributed by atoms with Crippen LogP contribution < -0.4 is 5.32 Å². The van der Waals surface area contributed by atoms with Crippen LogP contribution in [0.2, 0.25) is 0 Å². The van der Waals surface area contributed by atoms with E-state index in [4.69, 9.17) is 0 Å². The Morgan fingerprint density at radius 3 is 2.18 bits per heavy atom. The molecule has 2 N–H and O–H groups in total. The lowest BCUT2D eigenvalue weighted by molar-refractivity contribution is -0.148. The number of aliphatic carboxylic acids is 1. The minimum Gasteiger partial charge on any atom is -0.481 e. The molecule has 4 nitrogen and oxygen atoms in total. The van der Waals surface area contributed by atoms with Crippen molar-refractivity contribution in [2.45, 2.75) is 26.7 Å². The van der Waals surface area contributed by atoms with Gasteiger partial charge in [0.1, 0.15) is 0 Å². The van der Waals surface area contributed by atoms with Crippen molar-refractivity contribution >= 4 is 17.6 Å². The number of carbonyl (C=O) groups is 2. The molecule has 4 atom stereocenters. The van der Waals surface area contributed by atoms with Crippen molar-refractivity contribution in [3.05, 3.63) is 41.5 Å². The van der Waals surface area contributed by atoms with Crippen molar-refractivity contribution in [1.29, 1.82) is 0 Å². The molecule has 0 spiro atoms. The first-order chi connectivity index (χ1) is 10.5. The second kappa shape index (κ2) is 5.59. The fourth-order valence-corrected chi connectivity index (χ4v) is 4.35. The van der Waals surface area contributed by atoms with Gasteiger partial charge in [0.15, 0.2) is 0 Å². The number of benzene rings is 1. The molecular formula is C18H21NO3. The van der Waals surface area contributed by atoms with Gasteiger partial charge in [-0.25, -0.2) is 0 Å². The third-order valence-electron chi connectivity index (χ3n) is 5.05. The molecule has 22 heavy (non-hydrogen) atoms. The molecule has 1 aromatic carbocycles. The SMILES string of the molecule is CC(C)=C1[C@H]2CC[C@H]1[C@@H](C(=O)O)[C@H]2C(=O)Nc1ccccc1. The molecule has 4 heteroatoms. The summed E-state index contributed by atoms with van der Waals surface area (Å²) < 4.78 is 0. The van der Waals surface area contributed by atoms with E-state index in [-0.39, 0.29) is 17.7 Å². The molecule has 1 amide bonds. The largest absolute Gasteiger partial charge is 0.481 e. The standard InChI is InChI=1S/C18H21NO3/c1-10(2)14-12-8-9-13(14)16(18(21)22)15(12)17(20)19-11-6-4-3-5-7-11/h3-7,12-13,15-16H,8-9H2,1-2H3,(H,19,20)(H,21,22)/t12-,13-,15+,16-/m1/s1. The molecule has 2 aliphatic rings. The van der Waals surface area contributed by atoms with Gasteiger partial charge in [-0.05, 0) is 50.7 Å². The van der Waals surface area contributed by atoms with E-state index in [2.05, 4.69) is 5.32 Å². The Morgan fingerprint density at radius 2 is 1.64 bits per heavy atom. The first kappa shape index (κ1) is 14.8. The van der Waals surface area contributed by atoms with Gasteiger partial charge in [-0.15, -0.1) is 0 Å². The third kappa shape index (κ3) is 2.32. The van der Waals surface area contributed by atoms with Crippen LogP contribution in [-0.4, -0.2) is 17.0 Å². The summed E-state index contributed by atoms with van der Waals surface area (Å²) in [6.45, 7) is 4.05. The monoisotopic (exact) mass is 299 g/mol. The summed E-state index contributed by atoms with van der Waals surface area (Å²) in [5, 5.41) is 12.5. The summed E-state index contributed by atoms with van der Waals surface area (Å²) in [6, 6.07) is 9.24. The first-order valence-corrected chi connectivity index (χ1v) is 7.76. The van der Waals surface area contributed by atoms with Crippen molar-refractivity contribution < 1.29 is 14.7 Å². The number of nitrogens with one attached hydrogen (secondary N) is 1. The highest BCUT2D eigenvalue weighted by molar-refractivity contribution is 5.96. The van der Waals surface area contributed by atoms with Crippen LogP contribution in [0.1, 0.15) is 26.7 Å². The Bertz CT molecular complexity index is 631. The average Bonchev–Trinajstić information content (AvgIpc) is 3.03. The van der Waals surface area contributed by atoms with E-state index >= 15 is 0 Å². The number of carboxylic acid groups (broad SMARTS) is 1. The number of hydrogen-bond donors (Lipinski definition) is 2. The molecule has 0 radical (unpaired) electrons. The number of rotatable bonds is 3. The average molecular weight is 299 g/mol. The van der Waals surface area contributed by atoms with E-state index in [9.17, 15) is 14.7 Å². The van der Waals surface area contributed by atoms with Crippen LogP contribution in [-0.2, 0) is 9.59 Å². The van der Waals surface area contributed by atoms with Crippen molar-refractivity contribution in [1.82, 2.24) is 0 Å². The van der Waals surface area contributed by atoms with Gasteiger partial charge in [0.2, 0.25) is 5.91 Å². The lowest BCUT2D eigenvalue weighted by Crippen LogP contribution is -2.37. The number of allylic oxidation sites excluding steroid dienone is 2. The maximum atomic E-state index is 12.7. The second-order valence-corrected chi connectivity index (χ2v) is 6.49. The van der Waals surface area contributed by atoms with Crippen LogP contribution in [0.3, 0.4) is 0 Å². The topological polar surface area (TPSA) is 66.4 Å². The van der Waals surface area contributed by atoms with Crippen molar-refractivity contribution in [3.63, 3.8) is 0 Å². The van der Waals surface area contributed by atoms with E-state index in [1.54, 1.807) is 0 Å². The van der Waals surface area contributed by atoms with E-state index < -0.39 is 17.8 Å². The number of carboxylic acids is 1. The molecule has 2 bridgehead atoms. The zero-order valence-corrected chi connectivity index (χ0v) is 12.9. The first-order valence-electron chi connectivity index (χ1n) is 7.76. The number of anilines is 1. The quantitative estimate of drug-likeness (QED) is 0.841. The maximum Gasteiger partial charge on any atom is 0.307 e. The summed E-state index contributed by atoms with van der Waals surface area (Å²) >= 11 is 0. The van der Waals surface area contributed by atoms with Crippen LogP contribution in [0.25, 0.3) is 0 Å². The highest BCUT2D eigenvalue weighted by Crippen LogP contribution is 2.57. The highest BCUT2D eigenvalue weighted by atomic mass is 16.4. The summed E-state index contributed by atoms with van der Waals surface area (Å²) in [4.78, 5) is 24.4. The fourth-order valence-electron chi connectivity index (χ4n) is 4.35. The van der Waals surface area contributed by atoms with E-state index in [1.807, 2.05) is 44.2 Å². The smallest absolute Gasteiger partial charge is 0.307 e. The Balaban J connectivity index is 1.90. The summed E-state index contributed by atoms with van der Waals surface area (Å²) in [6.07, 6.45) is 1.80. The molecule has 2 fully saturated rings. The molecule has 1 aromatic rings. The molecule has 2 saturated carbocycles. The number of carbonyl (C=O) groups excluding carboxylic acids is 1. The van der Waals surface area contributed by atoms with Gasteiger partial charge in [-0.1, -0.05) is 29.3 Å². The molecule has 0 heterocycles. The normalized spacial score (nSPS) is 29.5. The minimum absolute atomic E-state index is 0.0269. The number of hydrogen-bond acceptors (Lipinski definition) is 2. The Hall–Kier alpha value is -2.10. The Kier molecular flexibility index (Phi) is 3.77. The van der Waals surface area contributed by atoms with Gasteiger partial charge in [0.05, 0.1) is 11.8 Å². The molecule has 0 aliphatic heterocycles. The molecule has 0 unspecified atom stereocenters. The van der Waals surface area contributed by atoms with Gasteiger partial charge in [0, 0.05) is 5.69 Å². The van der Waals surface area contributed by atoms with Gasteiger partial charge in [-0.3, -0.25) is 9.59 Å².